The van der Waals surface area contributed by atoms with Gasteiger partial charge in [0.1, 0.15) is 11.6 Å². The maximum atomic E-state index is 13.2. The second-order valence-corrected chi connectivity index (χ2v) is 8.46. The third-order valence-electron chi connectivity index (χ3n) is 6.55. The molecule has 2 aromatic rings. The van der Waals surface area contributed by atoms with Gasteiger partial charge >= 0.3 is 0 Å². The number of rotatable bonds is 2. The van der Waals surface area contributed by atoms with Crippen LogP contribution in [0.1, 0.15) is 80.7 Å². The molecule has 0 aliphatic carbocycles. The lowest BCUT2D eigenvalue weighted by molar-refractivity contribution is 0.0689. The molecular weight excluding hydrogens is 382 g/mol. The molecule has 0 bridgehead atoms. The summed E-state index contributed by atoms with van der Waals surface area (Å²) in [5.41, 5.74) is 1.12. The Hall–Kier alpha value is -3.03. The van der Waals surface area contributed by atoms with Gasteiger partial charge in [-0.3, -0.25) is 19.3 Å². The highest BCUT2D eigenvalue weighted by Crippen LogP contribution is 2.29. The minimum Gasteiger partial charge on any atom is -0.338 e. The summed E-state index contributed by atoms with van der Waals surface area (Å²) in [4.78, 5) is 40.5. The molecule has 0 unspecified atom stereocenters. The zero-order valence-electron chi connectivity index (χ0n) is 17.1. The smallest absolute Gasteiger partial charge is 0.261 e. The van der Waals surface area contributed by atoms with Gasteiger partial charge in [-0.1, -0.05) is 6.42 Å². The molecule has 0 radical (unpaired) electrons. The summed E-state index contributed by atoms with van der Waals surface area (Å²) in [7, 11) is 1.46. The first-order chi connectivity index (χ1) is 14.5. The average molecular weight is 407 g/mol. The highest BCUT2D eigenvalue weighted by atomic mass is 16.2. The van der Waals surface area contributed by atoms with Crippen LogP contribution in [-0.4, -0.2) is 62.4 Å². The Morgan fingerprint density at radius 2 is 1.83 bits per heavy atom. The van der Waals surface area contributed by atoms with E-state index in [0.29, 0.717) is 29.8 Å². The molecule has 3 aliphatic heterocycles. The monoisotopic (exact) mass is 407 g/mol. The summed E-state index contributed by atoms with van der Waals surface area (Å²) in [5, 5.41) is 8.91. The van der Waals surface area contributed by atoms with E-state index in [4.69, 9.17) is 0 Å². The van der Waals surface area contributed by atoms with E-state index in [2.05, 4.69) is 14.8 Å². The number of nitrogens with zero attached hydrogens (tertiary/aromatic N) is 5. The van der Waals surface area contributed by atoms with Crippen LogP contribution in [0.3, 0.4) is 0 Å². The number of aromatic nitrogens is 3. The highest BCUT2D eigenvalue weighted by Gasteiger charge is 2.35. The van der Waals surface area contributed by atoms with E-state index >= 15 is 0 Å². The fourth-order valence-electron chi connectivity index (χ4n) is 4.86. The van der Waals surface area contributed by atoms with Crippen LogP contribution >= 0.6 is 0 Å². The van der Waals surface area contributed by atoms with E-state index < -0.39 is 0 Å². The Labute approximate surface area is 174 Å². The van der Waals surface area contributed by atoms with Crippen molar-refractivity contribution in [3.8, 4) is 0 Å². The second kappa shape index (κ2) is 7.34. The molecule has 1 aromatic heterocycles. The standard InChI is InChI=1S/C22H25N5O3/c1-25-21(29)16-9-8-14(12-17(16)22(25)30)20(28)26-10-5-6-15(13-26)19-24-23-18-7-3-2-4-11-27(18)19/h8-9,12,15H,2-7,10-11,13H2,1H3/t15-/m1/s1. The van der Waals surface area contributed by atoms with Crippen LogP contribution in [0.25, 0.3) is 0 Å². The van der Waals surface area contributed by atoms with Gasteiger partial charge in [-0.15, -0.1) is 10.2 Å². The summed E-state index contributed by atoms with van der Waals surface area (Å²) in [6.07, 6.45) is 6.38. The number of hydrogen-bond donors (Lipinski definition) is 0. The number of fused-ring (bicyclic) bond motifs is 2. The van der Waals surface area contributed by atoms with E-state index in [1.165, 1.54) is 13.5 Å². The van der Waals surface area contributed by atoms with Crippen molar-refractivity contribution >= 4 is 17.7 Å². The van der Waals surface area contributed by atoms with E-state index in [1.54, 1.807) is 18.2 Å². The normalized spacial score (nSPS) is 21.4. The molecule has 1 atom stereocenters. The molecule has 5 rings (SSSR count). The van der Waals surface area contributed by atoms with Crippen LogP contribution < -0.4 is 0 Å². The van der Waals surface area contributed by atoms with Crippen molar-refractivity contribution in [1.29, 1.82) is 0 Å². The zero-order chi connectivity index (χ0) is 20.8. The number of imide groups is 1. The summed E-state index contributed by atoms with van der Waals surface area (Å²) in [6, 6.07) is 4.80. The minimum atomic E-state index is -0.354. The van der Waals surface area contributed by atoms with Gasteiger partial charge in [0.15, 0.2) is 0 Å². The maximum Gasteiger partial charge on any atom is 0.261 e. The summed E-state index contributed by atoms with van der Waals surface area (Å²) in [6.45, 7) is 2.23. The molecule has 1 fully saturated rings. The molecule has 0 saturated carbocycles. The summed E-state index contributed by atoms with van der Waals surface area (Å²) < 4.78 is 2.27. The number of piperidine rings is 1. The number of carbonyl (C=O) groups excluding carboxylic acids is 3. The SMILES string of the molecule is CN1C(=O)c2ccc(C(=O)N3CCC[C@@H](c4nnc5n4CCCCC5)C3)cc2C1=O. The molecule has 1 saturated heterocycles. The minimum absolute atomic E-state index is 0.104. The van der Waals surface area contributed by atoms with Gasteiger partial charge in [0.2, 0.25) is 0 Å². The second-order valence-electron chi connectivity index (χ2n) is 8.46. The topological polar surface area (TPSA) is 88.4 Å². The third kappa shape index (κ3) is 3.02. The lowest BCUT2D eigenvalue weighted by Crippen LogP contribution is -2.40. The van der Waals surface area contributed by atoms with Gasteiger partial charge in [-0.25, -0.2) is 0 Å². The van der Waals surface area contributed by atoms with E-state index in [-0.39, 0.29) is 23.6 Å². The Balaban J connectivity index is 1.37. The molecule has 1 aromatic carbocycles. The molecule has 8 heteroatoms. The van der Waals surface area contributed by atoms with Gasteiger partial charge in [0, 0.05) is 44.6 Å². The average Bonchev–Trinajstić information content (AvgIpc) is 3.16. The zero-order valence-corrected chi connectivity index (χ0v) is 17.1. The van der Waals surface area contributed by atoms with Crippen molar-refractivity contribution in [1.82, 2.24) is 24.6 Å². The van der Waals surface area contributed by atoms with Crippen molar-refractivity contribution in [3.05, 3.63) is 46.5 Å². The van der Waals surface area contributed by atoms with Gasteiger partial charge in [0.05, 0.1) is 11.1 Å². The first-order valence-corrected chi connectivity index (χ1v) is 10.7. The van der Waals surface area contributed by atoms with Gasteiger partial charge in [0.25, 0.3) is 17.7 Å². The Morgan fingerprint density at radius 3 is 2.70 bits per heavy atom. The molecular formula is C22H25N5O3. The largest absolute Gasteiger partial charge is 0.338 e. The van der Waals surface area contributed by atoms with Gasteiger partial charge < -0.3 is 9.47 Å². The van der Waals surface area contributed by atoms with Crippen LogP contribution in [0, 0.1) is 0 Å². The number of aryl methyl sites for hydroxylation is 1. The molecule has 3 aliphatic rings. The first kappa shape index (κ1) is 19.0. The van der Waals surface area contributed by atoms with Crippen LogP contribution in [-0.2, 0) is 13.0 Å². The van der Waals surface area contributed by atoms with Gasteiger partial charge in [-0.05, 0) is 43.9 Å². The van der Waals surface area contributed by atoms with Crippen LogP contribution in [0.4, 0.5) is 0 Å². The predicted molar refractivity (Wildman–Crippen MR) is 108 cm³/mol. The molecule has 0 N–H and O–H groups in total. The van der Waals surface area contributed by atoms with Gasteiger partial charge in [-0.2, -0.15) is 0 Å². The van der Waals surface area contributed by atoms with Crippen LogP contribution in [0.2, 0.25) is 0 Å². The number of carbonyl (C=O) groups is 3. The maximum absolute atomic E-state index is 13.2. The van der Waals surface area contributed by atoms with Crippen LogP contribution in [0.15, 0.2) is 18.2 Å². The molecule has 4 heterocycles. The fraction of sp³-hybridized carbons (Fsp3) is 0.500. The summed E-state index contributed by atoms with van der Waals surface area (Å²) in [5.74, 6) is 1.46. The molecule has 156 valence electrons. The Bertz CT molecular complexity index is 1040. The van der Waals surface area contributed by atoms with E-state index in [1.807, 2.05) is 4.90 Å². The van der Waals surface area contributed by atoms with Crippen molar-refractivity contribution in [3.63, 3.8) is 0 Å². The molecule has 0 spiro atoms. The lowest BCUT2D eigenvalue weighted by atomic mass is 9.96. The quantitative estimate of drug-likeness (QED) is 0.713. The predicted octanol–water partition coefficient (Wildman–Crippen LogP) is 2.25. The molecule has 30 heavy (non-hydrogen) atoms. The number of likely N-dealkylation sites (tertiary alicyclic amines) is 1. The first-order valence-electron chi connectivity index (χ1n) is 10.7. The third-order valence-corrected chi connectivity index (χ3v) is 6.55. The Morgan fingerprint density at radius 1 is 1.00 bits per heavy atom. The van der Waals surface area contributed by atoms with E-state index in [9.17, 15) is 14.4 Å². The summed E-state index contributed by atoms with van der Waals surface area (Å²) >= 11 is 0. The van der Waals surface area contributed by atoms with E-state index in [0.717, 1.165) is 55.2 Å². The van der Waals surface area contributed by atoms with Crippen molar-refractivity contribution in [2.45, 2.75) is 51.0 Å². The van der Waals surface area contributed by atoms with Crippen molar-refractivity contribution < 1.29 is 14.4 Å². The number of amides is 3. The highest BCUT2D eigenvalue weighted by molar-refractivity contribution is 6.21. The molecule has 3 amide bonds. The van der Waals surface area contributed by atoms with Crippen molar-refractivity contribution in [2.24, 2.45) is 0 Å². The van der Waals surface area contributed by atoms with Crippen LogP contribution in [0.5, 0.6) is 0 Å². The molecule has 8 nitrogen and oxygen atoms in total. The lowest BCUT2D eigenvalue weighted by Gasteiger charge is -2.32. The number of benzene rings is 1. The fourth-order valence-corrected chi connectivity index (χ4v) is 4.86. The van der Waals surface area contributed by atoms with Crippen molar-refractivity contribution in [2.75, 3.05) is 20.1 Å². The Kier molecular flexibility index (Phi) is 4.64. The number of hydrogen-bond acceptors (Lipinski definition) is 5.